The molecule has 0 spiro atoms. The van der Waals surface area contributed by atoms with Crippen LogP contribution in [0.5, 0.6) is 11.5 Å². The Kier molecular flexibility index (Phi) is 9.22. The van der Waals surface area contributed by atoms with Crippen molar-refractivity contribution in [2.45, 2.75) is 31.3 Å². The standard InChI is InChI=1S/C29H35O6P/c1-32-27-16-12-25(13-17-27)29(24-6-4-3-5-7-24,26-14-18-28(33-2)19-15-26)34-20-22-8-10-23(11-9-22)21-35-36(30)31/h3-7,12-19,22-23,36H,8-11,20-21H2,1-2H3,(H,30,31). The van der Waals surface area contributed by atoms with Crippen molar-refractivity contribution in [1.29, 1.82) is 0 Å². The molecule has 4 rings (SSSR count). The van der Waals surface area contributed by atoms with Crippen LogP contribution in [0.3, 0.4) is 0 Å². The van der Waals surface area contributed by atoms with Crippen LogP contribution in [-0.2, 0) is 19.4 Å². The molecule has 1 atom stereocenters. The molecule has 6 nitrogen and oxygen atoms in total. The van der Waals surface area contributed by atoms with Gasteiger partial charge in [0.05, 0.1) is 27.4 Å². The number of methoxy groups -OCH3 is 2. The van der Waals surface area contributed by atoms with Crippen molar-refractivity contribution in [3.63, 3.8) is 0 Å². The summed E-state index contributed by atoms with van der Waals surface area (Å²) in [6, 6.07) is 26.5. The Labute approximate surface area is 214 Å². The smallest absolute Gasteiger partial charge is 0.316 e. The maximum Gasteiger partial charge on any atom is 0.316 e. The molecule has 7 heteroatoms. The van der Waals surface area contributed by atoms with E-state index in [1.165, 1.54) is 0 Å². The topological polar surface area (TPSA) is 74.2 Å². The van der Waals surface area contributed by atoms with Gasteiger partial charge in [-0.1, -0.05) is 54.6 Å². The number of ether oxygens (including phenoxy) is 3. The summed E-state index contributed by atoms with van der Waals surface area (Å²) in [5.74, 6) is 2.30. The van der Waals surface area contributed by atoms with Crippen molar-refractivity contribution in [3.8, 4) is 11.5 Å². The van der Waals surface area contributed by atoms with Gasteiger partial charge in [0.15, 0.2) is 0 Å². The lowest BCUT2D eigenvalue weighted by Gasteiger charge is -2.38. The normalized spacial score (nSPS) is 19.0. The van der Waals surface area contributed by atoms with Gasteiger partial charge in [-0.25, -0.2) is 0 Å². The second kappa shape index (κ2) is 12.6. The molecule has 1 saturated carbocycles. The maximum atomic E-state index is 10.9. The SMILES string of the molecule is COc1ccc(C(OCC2CCC(CO[PH](=O)O)CC2)(c2ccccc2)c2ccc(OC)cc2)cc1. The Balaban J connectivity index is 1.65. The molecular formula is C29H35O6P. The van der Waals surface area contributed by atoms with E-state index < -0.39 is 13.9 Å². The van der Waals surface area contributed by atoms with Crippen LogP contribution >= 0.6 is 8.25 Å². The Hall–Kier alpha value is -2.63. The summed E-state index contributed by atoms with van der Waals surface area (Å²) in [5, 5.41) is 0. The van der Waals surface area contributed by atoms with Crippen molar-refractivity contribution in [2.24, 2.45) is 11.8 Å². The van der Waals surface area contributed by atoms with Crippen LogP contribution in [0.2, 0.25) is 0 Å². The highest BCUT2D eigenvalue weighted by atomic mass is 31.1. The maximum absolute atomic E-state index is 10.9. The highest BCUT2D eigenvalue weighted by Gasteiger charge is 2.38. The van der Waals surface area contributed by atoms with E-state index in [0.717, 1.165) is 53.9 Å². The number of rotatable bonds is 11. The number of hydrogen-bond acceptors (Lipinski definition) is 5. The largest absolute Gasteiger partial charge is 0.497 e. The van der Waals surface area contributed by atoms with Gasteiger partial charge in [0.1, 0.15) is 17.1 Å². The summed E-state index contributed by atoms with van der Waals surface area (Å²) >= 11 is 0. The fraction of sp³-hybridized carbons (Fsp3) is 0.379. The van der Waals surface area contributed by atoms with Crippen LogP contribution < -0.4 is 9.47 Å². The molecule has 0 aliphatic heterocycles. The minimum Gasteiger partial charge on any atom is -0.497 e. The Morgan fingerprint density at radius 3 is 1.61 bits per heavy atom. The zero-order valence-electron chi connectivity index (χ0n) is 20.9. The van der Waals surface area contributed by atoms with Gasteiger partial charge in [0, 0.05) is 0 Å². The van der Waals surface area contributed by atoms with E-state index in [9.17, 15) is 4.57 Å². The Morgan fingerprint density at radius 1 is 0.722 bits per heavy atom. The van der Waals surface area contributed by atoms with Crippen molar-refractivity contribution in [1.82, 2.24) is 0 Å². The van der Waals surface area contributed by atoms with Gasteiger partial charge in [-0.05, 0) is 78.5 Å². The van der Waals surface area contributed by atoms with E-state index in [-0.39, 0.29) is 0 Å². The van der Waals surface area contributed by atoms with Crippen LogP contribution in [0.15, 0.2) is 78.9 Å². The lowest BCUT2D eigenvalue weighted by atomic mass is 9.79. The molecule has 192 valence electrons. The lowest BCUT2D eigenvalue weighted by molar-refractivity contribution is -0.0187. The van der Waals surface area contributed by atoms with E-state index in [0.29, 0.717) is 25.0 Å². The summed E-state index contributed by atoms with van der Waals surface area (Å²) < 4.78 is 33.8. The van der Waals surface area contributed by atoms with Gasteiger partial charge in [0.2, 0.25) is 0 Å². The third kappa shape index (κ3) is 6.19. The van der Waals surface area contributed by atoms with Gasteiger partial charge in [-0.15, -0.1) is 0 Å². The second-order valence-corrected chi connectivity index (χ2v) is 10.1. The highest BCUT2D eigenvalue weighted by molar-refractivity contribution is 7.32. The van der Waals surface area contributed by atoms with Crippen LogP contribution in [-0.4, -0.2) is 32.3 Å². The Morgan fingerprint density at radius 2 is 1.17 bits per heavy atom. The van der Waals surface area contributed by atoms with Crippen molar-refractivity contribution >= 4 is 8.25 Å². The van der Waals surface area contributed by atoms with E-state index in [2.05, 4.69) is 36.4 Å². The van der Waals surface area contributed by atoms with Crippen molar-refractivity contribution < 1.29 is 28.2 Å². The zero-order valence-corrected chi connectivity index (χ0v) is 21.9. The first kappa shape index (κ1) is 26.4. The fourth-order valence-corrected chi connectivity index (χ4v) is 5.45. The first-order valence-electron chi connectivity index (χ1n) is 12.4. The quantitative estimate of drug-likeness (QED) is 0.244. The van der Waals surface area contributed by atoms with Gasteiger partial charge >= 0.3 is 8.25 Å². The minimum atomic E-state index is -2.87. The summed E-state index contributed by atoms with van der Waals surface area (Å²) in [5.41, 5.74) is 2.29. The van der Waals surface area contributed by atoms with Crippen molar-refractivity contribution in [3.05, 3.63) is 95.6 Å². The molecule has 1 unspecified atom stereocenters. The van der Waals surface area contributed by atoms with Crippen LogP contribution in [0, 0.1) is 11.8 Å². The zero-order chi connectivity index (χ0) is 25.4. The number of hydrogen-bond donors (Lipinski definition) is 1. The molecule has 0 amide bonds. The molecular weight excluding hydrogens is 475 g/mol. The van der Waals surface area contributed by atoms with Crippen LogP contribution in [0.25, 0.3) is 0 Å². The van der Waals surface area contributed by atoms with Gasteiger partial charge in [0.25, 0.3) is 0 Å². The van der Waals surface area contributed by atoms with Gasteiger partial charge in [-0.3, -0.25) is 4.57 Å². The molecule has 0 aromatic heterocycles. The molecule has 3 aromatic rings. The average molecular weight is 511 g/mol. The summed E-state index contributed by atoms with van der Waals surface area (Å²) in [4.78, 5) is 8.99. The van der Waals surface area contributed by atoms with Gasteiger partial charge < -0.3 is 23.6 Å². The van der Waals surface area contributed by atoms with Crippen molar-refractivity contribution in [2.75, 3.05) is 27.4 Å². The third-order valence-corrected chi connectivity index (χ3v) is 7.53. The van der Waals surface area contributed by atoms with E-state index >= 15 is 0 Å². The molecule has 1 fully saturated rings. The molecule has 0 saturated heterocycles. The molecule has 0 heterocycles. The summed E-state index contributed by atoms with van der Waals surface area (Å²) in [6.45, 7) is 0.949. The minimum absolute atomic E-state index is 0.324. The predicted molar refractivity (Wildman–Crippen MR) is 141 cm³/mol. The molecule has 0 bridgehead atoms. The van der Waals surface area contributed by atoms with Crippen LogP contribution in [0.4, 0.5) is 0 Å². The molecule has 1 aliphatic rings. The van der Waals surface area contributed by atoms with E-state index in [1.807, 2.05) is 42.5 Å². The molecule has 1 N–H and O–H groups in total. The lowest BCUT2D eigenvalue weighted by Crippen LogP contribution is -2.35. The third-order valence-electron chi connectivity index (χ3n) is 7.12. The highest BCUT2D eigenvalue weighted by Crippen LogP contribution is 2.43. The Bertz CT molecular complexity index is 1050. The molecule has 3 aromatic carbocycles. The summed E-state index contributed by atoms with van der Waals surface area (Å²) in [6.07, 6.45) is 3.92. The first-order valence-corrected chi connectivity index (χ1v) is 13.7. The average Bonchev–Trinajstić information content (AvgIpc) is 2.94. The summed E-state index contributed by atoms with van der Waals surface area (Å²) in [7, 11) is 0.464. The van der Waals surface area contributed by atoms with E-state index in [4.69, 9.17) is 23.6 Å². The monoisotopic (exact) mass is 510 g/mol. The predicted octanol–water partition coefficient (Wildman–Crippen LogP) is 6.22. The number of benzene rings is 3. The molecule has 0 radical (unpaired) electrons. The second-order valence-electron chi connectivity index (χ2n) is 9.28. The van der Waals surface area contributed by atoms with Gasteiger partial charge in [-0.2, -0.15) is 0 Å². The van der Waals surface area contributed by atoms with E-state index in [1.54, 1.807) is 14.2 Å². The molecule has 36 heavy (non-hydrogen) atoms. The fourth-order valence-electron chi connectivity index (χ4n) is 5.07. The molecule has 1 aliphatic carbocycles. The first-order chi connectivity index (χ1) is 17.5. The van der Waals surface area contributed by atoms with Crippen LogP contribution in [0.1, 0.15) is 42.4 Å².